The van der Waals surface area contributed by atoms with Gasteiger partial charge in [-0.1, -0.05) is 61.9 Å². The summed E-state index contributed by atoms with van der Waals surface area (Å²) in [5.74, 6) is 0.167. The van der Waals surface area contributed by atoms with Crippen LogP contribution < -0.4 is 5.73 Å². The molecule has 0 aliphatic heterocycles. The van der Waals surface area contributed by atoms with E-state index in [1.807, 2.05) is 53.2 Å². The largest absolute Gasteiger partial charge is 0.458 e. The van der Waals surface area contributed by atoms with Gasteiger partial charge in [-0.25, -0.2) is 14.5 Å². The van der Waals surface area contributed by atoms with Crippen molar-refractivity contribution in [2.24, 2.45) is 5.73 Å². The number of nitrogens with one attached hydrogen (secondary N) is 1. The van der Waals surface area contributed by atoms with Crippen molar-refractivity contribution in [3.63, 3.8) is 0 Å². The van der Waals surface area contributed by atoms with E-state index in [1.165, 1.54) is 11.8 Å². The number of carbonyl (C=O) groups is 3. The Hall–Kier alpha value is -4.94. The van der Waals surface area contributed by atoms with Crippen molar-refractivity contribution in [1.29, 1.82) is 0 Å². The van der Waals surface area contributed by atoms with Crippen LogP contribution in [0.4, 0.5) is 0 Å². The highest BCUT2D eigenvalue weighted by molar-refractivity contribution is 5.84. The molecular weight excluding hydrogens is 574 g/mol. The maximum atomic E-state index is 13.2. The number of amides is 2. The number of aromatic amines is 1. The van der Waals surface area contributed by atoms with Gasteiger partial charge in [0.25, 0.3) is 0 Å². The van der Waals surface area contributed by atoms with Crippen LogP contribution in [0.15, 0.2) is 48.5 Å². The van der Waals surface area contributed by atoms with Crippen molar-refractivity contribution in [2.45, 2.75) is 91.5 Å². The molecule has 0 fully saturated rings. The second-order valence-corrected chi connectivity index (χ2v) is 11.9. The fourth-order valence-electron chi connectivity index (χ4n) is 4.95. The predicted molar refractivity (Wildman–Crippen MR) is 167 cm³/mol. The van der Waals surface area contributed by atoms with E-state index in [2.05, 4.69) is 27.5 Å². The first-order valence-corrected chi connectivity index (χ1v) is 15.1. The molecule has 2 heterocycles. The molecule has 2 aromatic heterocycles. The van der Waals surface area contributed by atoms with Gasteiger partial charge in [0.1, 0.15) is 17.5 Å². The highest BCUT2D eigenvalue weighted by Gasteiger charge is 2.33. The van der Waals surface area contributed by atoms with Gasteiger partial charge in [-0.15, -0.1) is 10.2 Å². The minimum absolute atomic E-state index is 0.0179. The third-order valence-electron chi connectivity index (χ3n) is 7.09. The van der Waals surface area contributed by atoms with Crippen molar-refractivity contribution in [3.8, 4) is 22.5 Å². The highest BCUT2D eigenvalue weighted by Crippen LogP contribution is 2.30. The Morgan fingerprint density at radius 3 is 2.38 bits per heavy atom. The van der Waals surface area contributed by atoms with E-state index in [9.17, 15) is 14.4 Å². The van der Waals surface area contributed by atoms with Crippen LogP contribution in [-0.4, -0.2) is 69.7 Å². The summed E-state index contributed by atoms with van der Waals surface area (Å²) < 4.78 is 7.43. The summed E-state index contributed by atoms with van der Waals surface area (Å²) in [5, 5.41) is 19.2. The molecule has 0 aliphatic carbocycles. The van der Waals surface area contributed by atoms with E-state index in [0.29, 0.717) is 24.6 Å². The van der Waals surface area contributed by atoms with Gasteiger partial charge in [0.2, 0.25) is 17.6 Å². The van der Waals surface area contributed by atoms with Crippen LogP contribution in [0.25, 0.3) is 22.5 Å². The van der Waals surface area contributed by atoms with E-state index in [1.54, 1.807) is 20.8 Å². The van der Waals surface area contributed by atoms with E-state index in [0.717, 1.165) is 40.9 Å². The average Bonchev–Trinajstić information content (AvgIpc) is 3.65. The third-order valence-corrected chi connectivity index (χ3v) is 7.09. The van der Waals surface area contributed by atoms with Gasteiger partial charge >= 0.3 is 5.97 Å². The van der Waals surface area contributed by atoms with Crippen LogP contribution in [0.1, 0.15) is 77.5 Å². The van der Waals surface area contributed by atoms with Crippen molar-refractivity contribution in [1.82, 2.24) is 40.3 Å². The molecule has 13 nitrogen and oxygen atoms in total. The molecule has 0 spiro atoms. The lowest BCUT2D eigenvalue weighted by atomic mass is 9.98. The topological polar surface area (TPSA) is 175 Å². The Morgan fingerprint density at radius 2 is 1.78 bits per heavy atom. The number of hydrogen-bond donors (Lipinski definition) is 2. The molecule has 13 heteroatoms. The number of tetrazole rings is 1. The van der Waals surface area contributed by atoms with Crippen molar-refractivity contribution < 1.29 is 19.1 Å². The Kier molecular flexibility index (Phi) is 10.8. The molecule has 0 saturated carbocycles. The zero-order valence-corrected chi connectivity index (χ0v) is 26.5. The minimum Gasteiger partial charge on any atom is -0.458 e. The Morgan fingerprint density at radius 1 is 1.07 bits per heavy atom. The molecule has 2 aromatic carbocycles. The Balaban J connectivity index is 1.58. The van der Waals surface area contributed by atoms with Crippen molar-refractivity contribution in [3.05, 3.63) is 65.7 Å². The lowest BCUT2D eigenvalue weighted by molar-refractivity contribution is -0.165. The van der Waals surface area contributed by atoms with Crippen LogP contribution in [0.3, 0.4) is 0 Å². The molecule has 0 saturated heterocycles. The van der Waals surface area contributed by atoms with E-state index in [-0.39, 0.29) is 25.3 Å². The van der Waals surface area contributed by atoms with Crippen LogP contribution >= 0.6 is 0 Å². The van der Waals surface area contributed by atoms with Gasteiger partial charge < -0.3 is 15.4 Å². The number of ether oxygens (including phenoxy) is 1. The number of nitrogens with two attached hydrogens (primary N) is 1. The van der Waals surface area contributed by atoms with Crippen molar-refractivity contribution >= 4 is 17.8 Å². The van der Waals surface area contributed by atoms with E-state index >= 15 is 0 Å². The highest BCUT2D eigenvalue weighted by atomic mass is 16.6. The zero-order chi connectivity index (χ0) is 32.6. The zero-order valence-electron chi connectivity index (χ0n) is 26.5. The summed E-state index contributed by atoms with van der Waals surface area (Å²) in [5.41, 5.74) is 8.48. The first-order chi connectivity index (χ1) is 21.4. The summed E-state index contributed by atoms with van der Waals surface area (Å²) in [6.45, 7) is 9.17. The first kappa shape index (κ1) is 33.0. The smallest absolute Gasteiger partial charge is 0.329 e. The molecule has 0 unspecified atom stereocenters. The number of rotatable bonds is 14. The monoisotopic (exact) mass is 615 g/mol. The standard InChI is InChI=1S/C32H41N9O4/c1-6-7-12-29-34-28(20-40(21(2)42)26(17-18-27(33)43)31(44)45-32(3,4)5)37-41(29)19-22-13-15-23(16-14-22)24-10-8-9-11-25(24)30-35-38-39-36-30/h8-11,13-16,26H,6-7,12,17-20H2,1-5H3,(H2,33,43)(H,35,36,38,39)/t26-/m0/s1. The number of primary amides is 1. The van der Waals surface area contributed by atoms with Gasteiger partial charge in [-0.2, -0.15) is 10.3 Å². The lowest BCUT2D eigenvalue weighted by Crippen LogP contribution is -2.47. The van der Waals surface area contributed by atoms with E-state index in [4.69, 9.17) is 20.6 Å². The van der Waals surface area contributed by atoms with Crippen molar-refractivity contribution in [2.75, 3.05) is 0 Å². The number of aromatic nitrogens is 7. The number of benzene rings is 2. The normalized spacial score (nSPS) is 12.1. The first-order valence-electron chi connectivity index (χ1n) is 15.1. The number of hydrogen-bond acceptors (Lipinski definition) is 9. The molecule has 238 valence electrons. The van der Waals surface area contributed by atoms with Crippen LogP contribution in [0.5, 0.6) is 0 Å². The third kappa shape index (κ3) is 9.03. The van der Waals surface area contributed by atoms with Crippen LogP contribution in [0.2, 0.25) is 0 Å². The number of nitrogens with zero attached hydrogens (tertiary/aromatic N) is 7. The quantitative estimate of drug-likeness (QED) is 0.200. The van der Waals surface area contributed by atoms with Crippen LogP contribution in [0, 0.1) is 0 Å². The fourth-order valence-corrected chi connectivity index (χ4v) is 4.95. The number of unbranched alkanes of at least 4 members (excludes halogenated alkanes) is 1. The van der Waals surface area contributed by atoms with Crippen LogP contribution in [-0.2, 0) is 38.6 Å². The summed E-state index contributed by atoms with van der Waals surface area (Å²) in [4.78, 5) is 43.7. The molecule has 0 aliphatic rings. The second kappa shape index (κ2) is 14.7. The minimum atomic E-state index is -1.01. The number of aryl methyl sites for hydroxylation is 1. The number of esters is 1. The molecular formula is C32H41N9O4. The molecule has 0 radical (unpaired) electrons. The molecule has 4 rings (SSSR count). The molecule has 0 bridgehead atoms. The Bertz CT molecular complexity index is 1590. The molecule has 45 heavy (non-hydrogen) atoms. The number of carbonyl (C=O) groups excluding carboxylic acids is 3. The van der Waals surface area contributed by atoms with Gasteiger partial charge in [-0.05, 0) is 55.5 Å². The maximum Gasteiger partial charge on any atom is 0.329 e. The predicted octanol–water partition coefficient (Wildman–Crippen LogP) is 3.84. The fraction of sp³-hybridized carbons (Fsp3) is 0.438. The van der Waals surface area contributed by atoms with Gasteiger partial charge in [0.05, 0.1) is 13.1 Å². The molecule has 3 N–H and O–H groups in total. The van der Waals surface area contributed by atoms with Gasteiger partial charge in [0.15, 0.2) is 5.82 Å². The SMILES string of the molecule is CCCCc1nc(CN(C(C)=O)[C@@H](CCC(N)=O)C(=O)OC(C)(C)C)nn1Cc1ccc(-c2ccccc2-c2nn[nH]n2)cc1. The average molecular weight is 616 g/mol. The van der Waals surface area contributed by atoms with Gasteiger partial charge in [-0.3, -0.25) is 9.59 Å². The maximum absolute atomic E-state index is 13.2. The molecule has 4 aromatic rings. The van der Waals surface area contributed by atoms with E-state index < -0.39 is 23.5 Å². The molecule has 1 atom stereocenters. The summed E-state index contributed by atoms with van der Waals surface area (Å²) in [6.07, 6.45) is 2.56. The summed E-state index contributed by atoms with van der Waals surface area (Å²) >= 11 is 0. The second-order valence-electron chi connectivity index (χ2n) is 11.9. The summed E-state index contributed by atoms with van der Waals surface area (Å²) in [6, 6.07) is 15.0. The summed E-state index contributed by atoms with van der Waals surface area (Å²) in [7, 11) is 0. The van der Waals surface area contributed by atoms with Gasteiger partial charge in [0, 0.05) is 25.3 Å². The number of H-pyrrole nitrogens is 1. The Labute approximate surface area is 262 Å². The lowest BCUT2D eigenvalue weighted by Gasteiger charge is -2.31. The molecule has 2 amide bonds.